The zero-order chi connectivity index (χ0) is 13.9. The molecule has 2 aromatic rings. The van der Waals surface area contributed by atoms with E-state index in [1.165, 1.54) is 18.9 Å². The van der Waals surface area contributed by atoms with Gasteiger partial charge in [0.05, 0.1) is 6.26 Å². The van der Waals surface area contributed by atoms with Gasteiger partial charge in [-0.2, -0.15) is 0 Å². The summed E-state index contributed by atoms with van der Waals surface area (Å²) in [6.07, 6.45) is 4.12. The molecule has 3 rings (SSSR count). The van der Waals surface area contributed by atoms with Crippen LogP contribution >= 0.6 is 15.9 Å². The fraction of sp³-hybridized carbons (Fsp3) is 0.333. The molecule has 0 saturated heterocycles. The SMILES string of the molecule is Fc1ccc(Br)cc1OCc1occc1CNC1CC1. The van der Waals surface area contributed by atoms with Crippen LogP contribution in [0.1, 0.15) is 24.2 Å². The van der Waals surface area contributed by atoms with Crippen LogP contribution in [0, 0.1) is 5.82 Å². The van der Waals surface area contributed by atoms with E-state index < -0.39 is 0 Å². The molecule has 0 atom stereocenters. The molecule has 0 amide bonds. The number of nitrogens with one attached hydrogen (secondary N) is 1. The van der Waals surface area contributed by atoms with Gasteiger partial charge in [0.15, 0.2) is 11.6 Å². The Morgan fingerprint density at radius 2 is 2.20 bits per heavy atom. The van der Waals surface area contributed by atoms with Crippen molar-refractivity contribution in [3.63, 3.8) is 0 Å². The summed E-state index contributed by atoms with van der Waals surface area (Å²) in [6.45, 7) is 0.989. The molecular weight excluding hydrogens is 325 g/mol. The molecule has 1 aromatic heterocycles. The summed E-state index contributed by atoms with van der Waals surface area (Å²) < 4.78 is 25.3. The Balaban J connectivity index is 1.62. The summed E-state index contributed by atoms with van der Waals surface area (Å²) >= 11 is 3.30. The highest BCUT2D eigenvalue weighted by atomic mass is 79.9. The van der Waals surface area contributed by atoms with Crippen molar-refractivity contribution >= 4 is 15.9 Å². The Kier molecular flexibility index (Phi) is 4.08. The largest absolute Gasteiger partial charge is 0.483 e. The summed E-state index contributed by atoms with van der Waals surface area (Å²) in [5.41, 5.74) is 1.06. The van der Waals surface area contributed by atoms with E-state index in [1.54, 1.807) is 18.4 Å². The number of ether oxygens (including phenoxy) is 1. The number of halogens is 2. The minimum Gasteiger partial charge on any atom is -0.483 e. The zero-order valence-electron chi connectivity index (χ0n) is 10.9. The first kappa shape index (κ1) is 13.6. The Morgan fingerprint density at radius 1 is 1.35 bits per heavy atom. The van der Waals surface area contributed by atoms with Gasteiger partial charge in [-0.05, 0) is 37.1 Å². The summed E-state index contributed by atoms with van der Waals surface area (Å²) in [5.74, 6) is 0.576. The van der Waals surface area contributed by atoms with E-state index in [0.29, 0.717) is 6.04 Å². The molecule has 0 spiro atoms. The standard InChI is InChI=1S/C15H15BrFNO2/c16-11-1-4-13(17)14(7-11)20-9-15-10(5-6-19-15)8-18-12-2-3-12/h1,4-7,12,18H,2-3,8-9H2. The van der Waals surface area contributed by atoms with Crippen LogP contribution in [0.5, 0.6) is 5.75 Å². The summed E-state index contributed by atoms with van der Waals surface area (Å²) in [5, 5.41) is 3.42. The quantitative estimate of drug-likeness (QED) is 0.863. The molecule has 3 nitrogen and oxygen atoms in total. The molecule has 20 heavy (non-hydrogen) atoms. The van der Waals surface area contributed by atoms with Gasteiger partial charge in [-0.3, -0.25) is 0 Å². The lowest BCUT2D eigenvalue weighted by Crippen LogP contribution is -2.16. The molecule has 1 aliphatic rings. The minimum absolute atomic E-state index is 0.219. The average molecular weight is 340 g/mol. The van der Waals surface area contributed by atoms with Gasteiger partial charge in [0, 0.05) is 22.6 Å². The molecule has 1 fully saturated rings. The highest BCUT2D eigenvalue weighted by Crippen LogP contribution is 2.24. The molecule has 0 bridgehead atoms. The number of furan rings is 1. The predicted molar refractivity (Wildman–Crippen MR) is 77.0 cm³/mol. The fourth-order valence-corrected chi connectivity index (χ4v) is 2.26. The van der Waals surface area contributed by atoms with Crippen molar-refractivity contribution in [2.24, 2.45) is 0 Å². The topological polar surface area (TPSA) is 34.4 Å². The molecule has 1 aromatic carbocycles. The first-order valence-corrected chi connectivity index (χ1v) is 7.38. The van der Waals surface area contributed by atoms with Crippen LogP contribution in [-0.4, -0.2) is 6.04 Å². The second-order valence-corrected chi connectivity index (χ2v) is 5.80. The monoisotopic (exact) mass is 339 g/mol. The number of benzene rings is 1. The van der Waals surface area contributed by atoms with Gasteiger partial charge < -0.3 is 14.5 Å². The smallest absolute Gasteiger partial charge is 0.165 e. The van der Waals surface area contributed by atoms with E-state index in [-0.39, 0.29) is 18.2 Å². The third-order valence-corrected chi connectivity index (χ3v) is 3.74. The van der Waals surface area contributed by atoms with Crippen LogP contribution < -0.4 is 10.1 Å². The van der Waals surface area contributed by atoms with Gasteiger partial charge in [0.2, 0.25) is 0 Å². The van der Waals surface area contributed by atoms with E-state index in [4.69, 9.17) is 9.15 Å². The second-order valence-electron chi connectivity index (χ2n) is 4.89. The summed E-state index contributed by atoms with van der Waals surface area (Å²) in [7, 11) is 0. The van der Waals surface area contributed by atoms with Gasteiger partial charge in [0.1, 0.15) is 12.4 Å². The highest BCUT2D eigenvalue weighted by molar-refractivity contribution is 9.10. The van der Waals surface area contributed by atoms with E-state index in [2.05, 4.69) is 21.2 Å². The maximum atomic E-state index is 13.6. The lowest BCUT2D eigenvalue weighted by atomic mass is 10.2. The van der Waals surface area contributed by atoms with Gasteiger partial charge in [-0.1, -0.05) is 15.9 Å². The van der Waals surface area contributed by atoms with Crippen LogP contribution in [0.3, 0.4) is 0 Å². The van der Waals surface area contributed by atoms with Crippen LogP contribution in [0.2, 0.25) is 0 Å². The maximum Gasteiger partial charge on any atom is 0.165 e. The first-order valence-electron chi connectivity index (χ1n) is 6.59. The molecule has 0 unspecified atom stereocenters. The van der Waals surface area contributed by atoms with E-state index >= 15 is 0 Å². The normalized spacial score (nSPS) is 14.5. The third-order valence-electron chi connectivity index (χ3n) is 3.25. The summed E-state index contributed by atoms with van der Waals surface area (Å²) in [4.78, 5) is 0. The molecular formula is C15H15BrFNO2. The maximum absolute atomic E-state index is 13.6. The minimum atomic E-state index is -0.377. The van der Waals surface area contributed by atoms with Crippen molar-refractivity contribution in [1.82, 2.24) is 5.32 Å². The molecule has 1 aliphatic carbocycles. The van der Waals surface area contributed by atoms with Crippen LogP contribution in [0.15, 0.2) is 39.4 Å². The molecule has 1 saturated carbocycles. The molecule has 1 N–H and O–H groups in total. The third kappa shape index (κ3) is 3.41. The van der Waals surface area contributed by atoms with Gasteiger partial charge in [-0.15, -0.1) is 0 Å². The molecule has 0 aliphatic heterocycles. The lowest BCUT2D eigenvalue weighted by Gasteiger charge is -2.08. The Labute approximate surface area is 125 Å². The molecule has 1 heterocycles. The Morgan fingerprint density at radius 3 is 3.00 bits per heavy atom. The van der Waals surface area contributed by atoms with Gasteiger partial charge in [0.25, 0.3) is 0 Å². The van der Waals surface area contributed by atoms with E-state index in [0.717, 1.165) is 22.3 Å². The van der Waals surface area contributed by atoms with Crippen molar-refractivity contribution in [1.29, 1.82) is 0 Å². The van der Waals surface area contributed by atoms with Crippen molar-refractivity contribution < 1.29 is 13.5 Å². The molecule has 5 heteroatoms. The van der Waals surface area contributed by atoms with Crippen LogP contribution in [-0.2, 0) is 13.2 Å². The number of rotatable bonds is 6. The molecule has 0 radical (unpaired) electrons. The van der Waals surface area contributed by atoms with Crippen molar-refractivity contribution in [3.05, 3.63) is 52.1 Å². The van der Waals surface area contributed by atoms with Crippen molar-refractivity contribution in [2.75, 3.05) is 0 Å². The Bertz CT molecular complexity index is 595. The first-order chi connectivity index (χ1) is 9.72. The van der Waals surface area contributed by atoms with E-state index in [1.807, 2.05) is 6.07 Å². The number of hydrogen-bond donors (Lipinski definition) is 1. The van der Waals surface area contributed by atoms with Crippen LogP contribution in [0.25, 0.3) is 0 Å². The average Bonchev–Trinajstić information content (AvgIpc) is 3.16. The second kappa shape index (κ2) is 5.97. The number of hydrogen-bond acceptors (Lipinski definition) is 3. The Hall–Kier alpha value is -1.33. The highest BCUT2D eigenvalue weighted by Gasteiger charge is 2.21. The summed E-state index contributed by atoms with van der Waals surface area (Å²) in [6, 6.07) is 7.18. The lowest BCUT2D eigenvalue weighted by molar-refractivity contribution is 0.256. The van der Waals surface area contributed by atoms with Gasteiger partial charge >= 0.3 is 0 Å². The van der Waals surface area contributed by atoms with Gasteiger partial charge in [-0.25, -0.2) is 4.39 Å². The fourth-order valence-electron chi connectivity index (χ4n) is 1.92. The predicted octanol–water partition coefficient (Wildman–Crippen LogP) is 4.01. The molecule has 106 valence electrons. The van der Waals surface area contributed by atoms with E-state index in [9.17, 15) is 4.39 Å². The zero-order valence-corrected chi connectivity index (χ0v) is 12.5. The van der Waals surface area contributed by atoms with Crippen molar-refractivity contribution in [3.8, 4) is 5.75 Å². The van der Waals surface area contributed by atoms with Crippen molar-refractivity contribution in [2.45, 2.75) is 32.0 Å². The van der Waals surface area contributed by atoms with Crippen LogP contribution in [0.4, 0.5) is 4.39 Å².